The summed E-state index contributed by atoms with van der Waals surface area (Å²) in [5.74, 6) is 0.486. The molecule has 0 fully saturated rings. The van der Waals surface area contributed by atoms with Gasteiger partial charge in [0.1, 0.15) is 0 Å². The van der Waals surface area contributed by atoms with Crippen LogP contribution in [0.2, 0.25) is 0 Å². The first kappa shape index (κ1) is 17.1. The fraction of sp³-hybridized carbons (Fsp3) is 0.350. The Bertz CT molecular complexity index is 763. The third kappa shape index (κ3) is 4.24. The zero-order chi connectivity index (χ0) is 17.8. The summed E-state index contributed by atoms with van der Waals surface area (Å²) in [5, 5.41) is 11.3. The maximum atomic E-state index is 12.4. The van der Waals surface area contributed by atoms with Crippen LogP contribution in [-0.2, 0) is 0 Å². The number of benzene rings is 1. The van der Waals surface area contributed by atoms with Gasteiger partial charge in [-0.25, -0.2) is 4.79 Å². The number of carbonyl (C=O) groups is 1. The molecule has 0 saturated carbocycles. The quantitative estimate of drug-likeness (QED) is 0.912. The minimum Gasteiger partial charge on any atom is -0.320 e. The van der Waals surface area contributed by atoms with Crippen molar-refractivity contribution in [1.82, 2.24) is 15.1 Å². The summed E-state index contributed by atoms with van der Waals surface area (Å²) in [4.78, 5) is 14.2. The number of nitrogens with zero attached hydrogens (tertiary/aromatic N) is 3. The summed E-state index contributed by atoms with van der Waals surface area (Å²) in [6, 6.07) is 11.9. The molecule has 1 aliphatic heterocycles. The van der Waals surface area contributed by atoms with Crippen LogP contribution in [0.15, 0.2) is 42.5 Å². The van der Waals surface area contributed by atoms with E-state index in [-0.39, 0.29) is 6.03 Å². The fourth-order valence-corrected chi connectivity index (χ4v) is 2.81. The lowest BCUT2D eigenvalue weighted by molar-refractivity contribution is 0.217. The van der Waals surface area contributed by atoms with Crippen molar-refractivity contribution in [2.24, 2.45) is 0 Å². The van der Waals surface area contributed by atoms with E-state index in [1.807, 2.05) is 36.1 Å². The van der Waals surface area contributed by atoms with E-state index in [1.165, 1.54) is 5.56 Å². The highest BCUT2D eigenvalue weighted by molar-refractivity contribution is 5.90. The molecule has 0 radical (unpaired) electrons. The fourth-order valence-electron chi connectivity index (χ4n) is 2.81. The van der Waals surface area contributed by atoms with Gasteiger partial charge in [-0.05, 0) is 54.7 Å². The first-order chi connectivity index (χ1) is 12.0. The molecule has 25 heavy (non-hydrogen) atoms. The summed E-state index contributed by atoms with van der Waals surface area (Å²) in [6.07, 6.45) is 2.85. The molecule has 0 bridgehead atoms. The molecule has 5 nitrogen and oxygen atoms in total. The number of rotatable bonds is 3. The molecule has 0 atom stereocenters. The molecule has 0 aliphatic carbocycles. The average Bonchev–Trinajstić information content (AvgIpc) is 2.63. The minimum atomic E-state index is -0.0670. The van der Waals surface area contributed by atoms with E-state index in [4.69, 9.17) is 0 Å². The van der Waals surface area contributed by atoms with Crippen molar-refractivity contribution >= 4 is 17.3 Å². The van der Waals surface area contributed by atoms with Gasteiger partial charge in [-0.1, -0.05) is 32.1 Å². The van der Waals surface area contributed by atoms with Crippen LogP contribution in [-0.4, -0.2) is 34.2 Å². The van der Waals surface area contributed by atoms with Crippen LogP contribution in [0, 0.1) is 6.92 Å². The zero-order valence-corrected chi connectivity index (χ0v) is 15.0. The Kier molecular flexibility index (Phi) is 5.12. The average molecular weight is 336 g/mol. The molecule has 3 rings (SSSR count). The molecular formula is C20H24N4O. The molecule has 2 heterocycles. The lowest BCUT2D eigenvalue weighted by atomic mass is 10.0. The number of anilines is 1. The molecule has 1 aromatic heterocycles. The SMILES string of the molecule is Cc1ccc(C2=CCN(C(=O)Nc3ccc(C(C)C)cc3)CC2)nn1. The van der Waals surface area contributed by atoms with E-state index >= 15 is 0 Å². The van der Waals surface area contributed by atoms with Crippen molar-refractivity contribution in [1.29, 1.82) is 0 Å². The summed E-state index contributed by atoms with van der Waals surface area (Å²) in [6.45, 7) is 7.50. The molecule has 0 unspecified atom stereocenters. The first-order valence-electron chi connectivity index (χ1n) is 8.68. The lowest BCUT2D eigenvalue weighted by Crippen LogP contribution is -2.37. The van der Waals surface area contributed by atoms with Gasteiger partial charge >= 0.3 is 6.03 Å². The van der Waals surface area contributed by atoms with Gasteiger partial charge in [0.25, 0.3) is 0 Å². The normalized spacial score (nSPS) is 14.4. The van der Waals surface area contributed by atoms with Crippen LogP contribution < -0.4 is 5.32 Å². The van der Waals surface area contributed by atoms with Gasteiger partial charge in [-0.2, -0.15) is 10.2 Å². The summed E-state index contributed by atoms with van der Waals surface area (Å²) >= 11 is 0. The number of hydrogen-bond donors (Lipinski definition) is 1. The number of aromatic nitrogens is 2. The predicted octanol–water partition coefficient (Wildman–Crippen LogP) is 4.23. The number of hydrogen-bond acceptors (Lipinski definition) is 3. The van der Waals surface area contributed by atoms with E-state index in [0.717, 1.165) is 29.1 Å². The smallest absolute Gasteiger partial charge is 0.320 e. The number of amides is 2. The Hall–Kier alpha value is -2.69. The second kappa shape index (κ2) is 7.47. The van der Waals surface area contributed by atoms with Crippen molar-refractivity contribution in [3.05, 3.63) is 59.4 Å². The van der Waals surface area contributed by atoms with Crippen molar-refractivity contribution in [2.45, 2.75) is 33.1 Å². The molecule has 130 valence electrons. The van der Waals surface area contributed by atoms with Gasteiger partial charge in [-0.3, -0.25) is 0 Å². The second-order valence-electron chi connectivity index (χ2n) is 6.69. The molecule has 0 saturated heterocycles. The molecule has 1 N–H and O–H groups in total. The largest absolute Gasteiger partial charge is 0.322 e. The maximum Gasteiger partial charge on any atom is 0.322 e. The van der Waals surface area contributed by atoms with Crippen LogP contribution in [0.4, 0.5) is 10.5 Å². The zero-order valence-electron chi connectivity index (χ0n) is 15.0. The van der Waals surface area contributed by atoms with Crippen molar-refractivity contribution in [2.75, 3.05) is 18.4 Å². The Labute approximate surface area is 148 Å². The van der Waals surface area contributed by atoms with E-state index in [2.05, 4.69) is 47.6 Å². The molecule has 2 aromatic rings. The van der Waals surface area contributed by atoms with E-state index in [1.54, 1.807) is 0 Å². The first-order valence-corrected chi connectivity index (χ1v) is 8.68. The van der Waals surface area contributed by atoms with Gasteiger partial charge in [-0.15, -0.1) is 0 Å². The van der Waals surface area contributed by atoms with Crippen molar-refractivity contribution < 1.29 is 4.79 Å². The number of aryl methyl sites for hydroxylation is 1. The highest BCUT2D eigenvalue weighted by atomic mass is 16.2. The van der Waals surface area contributed by atoms with Gasteiger partial charge in [0, 0.05) is 18.8 Å². The minimum absolute atomic E-state index is 0.0670. The van der Waals surface area contributed by atoms with Crippen molar-refractivity contribution in [3.63, 3.8) is 0 Å². The summed E-state index contributed by atoms with van der Waals surface area (Å²) < 4.78 is 0. The molecule has 2 amide bonds. The van der Waals surface area contributed by atoms with Gasteiger partial charge in [0.2, 0.25) is 0 Å². The number of nitrogens with one attached hydrogen (secondary N) is 1. The van der Waals surface area contributed by atoms with Crippen LogP contribution in [0.1, 0.15) is 43.1 Å². The molecular weight excluding hydrogens is 312 g/mol. The number of urea groups is 1. The predicted molar refractivity (Wildman–Crippen MR) is 100 cm³/mol. The topological polar surface area (TPSA) is 58.1 Å². The van der Waals surface area contributed by atoms with Crippen LogP contribution in [0.5, 0.6) is 0 Å². The summed E-state index contributed by atoms with van der Waals surface area (Å²) in [5.41, 5.74) is 5.05. The molecule has 1 aliphatic rings. The van der Waals surface area contributed by atoms with E-state index in [9.17, 15) is 4.79 Å². The Morgan fingerprint density at radius 2 is 1.88 bits per heavy atom. The monoisotopic (exact) mass is 336 g/mol. The highest BCUT2D eigenvalue weighted by Crippen LogP contribution is 2.21. The third-order valence-electron chi connectivity index (χ3n) is 4.45. The van der Waals surface area contributed by atoms with Crippen LogP contribution >= 0.6 is 0 Å². The van der Waals surface area contributed by atoms with Gasteiger partial charge in [0.05, 0.1) is 11.4 Å². The number of carbonyl (C=O) groups excluding carboxylic acids is 1. The second-order valence-corrected chi connectivity index (χ2v) is 6.69. The summed E-state index contributed by atoms with van der Waals surface area (Å²) in [7, 11) is 0. The molecule has 5 heteroatoms. The third-order valence-corrected chi connectivity index (χ3v) is 4.45. The Morgan fingerprint density at radius 3 is 2.44 bits per heavy atom. The highest BCUT2D eigenvalue weighted by Gasteiger charge is 2.18. The van der Waals surface area contributed by atoms with Gasteiger partial charge < -0.3 is 10.2 Å². The van der Waals surface area contributed by atoms with Crippen molar-refractivity contribution in [3.8, 4) is 0 Å². The van der Waals surface area contributed by atoms with E-state index in [0.29, 0.717) is 19.0 Å². The molecule has 1 aromatic carbocycles. The van der Waals surface area contributed by atoms with Crippen LogP contribution in [0.25, 0.3) is 5.57 Å². The Morgan fingerprint density at radius 1 is 1.12 bits per heavy atom. The maximum absolute atomic E-state index is 12.4. The lowest BCUT2D eigenvalue weighted by Gasteiger charge is -2.26. The van der Waals surface area contributed by atoms with Gasteiger partial charge in [0.15, 0.2) is 0 Å². The molecule has 0 spiro atoms. The van der Waals surface area contributed by atoms with Crippen LogP contribution in [0.3, 0.4) is 0 Å². The van der Waals surface area contributed by atoms with E-state index < -0.39 is 0 Å². The standard InChI is InChI=1S/C20H24N4O/c1-14(2)16-5-7-18(8-6-16)21-20(25)24-12-10-17(11-13-24)19-9-4-15(3)22-23-19/h4-10,14H,11-13H2,1-3H3,(H,21,25). The Balaban J connectivity index is 1.60.